The van der Waals surface area contributed by atoms with Crippen LogP contribution in [0.4, 0.5) is 8.78 Å². The maximum atomic E-state index is 12.8. The fourth-order valence-corrected chi connectivity index (χ4v) is 3.00. The summed E-state index contributed by atoms with van der Waals surface area (Å²) < 4.78 is 27.0. The van der Waals surface area contributed by atoms with Crippen molar-refractivity contribution in [2.75, 3.05) is 0 Å². The number of rotatable bonds is 5. The van der Waals surface area contributed by atoms with E-state index in [0.717, 1.165) is 5.56 Å². The SMILES string of the molecule is Cn1nc(C(F)F)c(CO)c1SCc1ccc(Cl)cc1. The molecule has 0 bridgehead atoms. The summed E-state index contributed by atoms with van der Waals surface area (Å²) >= 11 is 7.16. The second-order valence-corrected chi connectivity index (χ2v) is 5.57. The van der Waals surface area contributed by atoms with Crippen LogP contribution >= 0.6 is 23.4 Å². The van der Waals surface area contributed by atoms with E-state index in [0.29, 0.717) is 15.8 Å². The highest BCUT2D eigenvalue weighted by atomic mass is 35.5. The van der Waals surface area contributed by atoms with Gasteiger partial charge in [0, 0.05) is 23.4 Å². The van der Waals surface area contributed by atoms with Gasteiger partial charge in [0.05, 0.1) is 11.6 Å². The van der Waals surface area contributed by atoms with Crippen LogP contribution in [0.5, 0.6) is 0 Å². The third kappa shape index (κ3) is 3.31. The number of benzene rings is 1. The third-order valence-electron chi connectivity index (χ3n) is 2.77. The monoisotopic (exact) mass is 318 g/mol. The summed E-state index contributed by atoms with van der Waals surface area (Å²) in [6.45, 7) is -0.448. The zero-order chi connectivity index (χ0) is 14.7. The number of aliphatic hydroxyl groups excluding tert-OH is 1. The summed E-state index contributed by atoms with van der Waals surface area (Å²) in [4.78, 5) is 0. The van der Waals surface area contributed by atoms with E-state index in [9.17, 15) is 13.9 Å². The minimum Gasteiger partial charge on any atom is -0.392 e. The highest BCUT2D eigenvalue weighted by Gasteiger charge is 2.22. The summed E-state index contributed by atoms with van der Waals surface area (Å²) in [5.74, 6) is 0.590. The van der Waals surface area contributed by atoms with Crippen LogP contribution in [-0.4, -0.2) is 14.9 Å². The molecule has 0 saturated heterocycles. The number of aromatic nitrogens is 2. The molecule has 0 saturated carbocycles. The molecule has 0 fully saturated rings. The van der Waals surface area contributed by atoms with E-state index in [-0.39, 0.29) is 11.3 Å². The van der Waals surface area contributed by atoms with E-state index < -0.39 is 13.0 Å². The minimum atomic E-state index is -2.69. The number of hydrogen-bond acceptors (Lipinski definition) is 3. The molecule has 1 N–H and O–H groups in total. The Hall–Kier alpha value is -1.11. The van der Waals surface area contributed by atoms with Gasteiger partial charge in [-0.15, -0.1) is 11.8 Å². The normalized spacial score (nSPS) is 11.3. The molecule has 0 radical (unpaired) electrons. The van der Waals surface area contributed by atoms with Crippen LogP contribution in [-0.2, 0) is 19.4 Å². The minimum absolute atomic E-state index is 0.196. The number of nitrogens with zero attached hydrogens (tertiary/aromatic N) is 2. The molecule has 0 atom stereocenters. The number of thioether (sulfide) groups is 1. The van der Waals surface area contributed by atoms with Gasteiger partial charge in [-0.05, 0) is 17.7 Å². The van der Waals surface area contributed by atoms with Gasteiger partial charge >= 0.3 is 0 Å². The molecule has 3 nitrogen and oxygen atoms in total. The first-order valence-corrected chi connectivity index (χ1v) is 7.21. The quantitative estimate of drug-likeness (QED) is 0.852. The molecule has 0 spiro atoms. The van der Waals surface area contributed by atoms with Crippen molar-refractivity contribution in [2.24, 2.45) is 7.05 Å². The van der Waals surface area contributed by atoms with Gasteiger partial charge < -0.3 is 5.11 Å². The molecular weight excluding hydrogens is 306 g/mol. The fraction of sp³-hybridized carbons (Fsp3) is 0.308. The van der Waals surface area contributed by atoms with Gasteiger partial charge in [0.1, 0.15) is 5.69 Å². The number of aryl methyl sites for hydroxylation is 1. The molecule has 2 rings (SSSR count). The van der Waals surface area contributed by atoms with E-state index in [1.807, 2.05) is 12.1 Å². The lowest BCUT2D eigenvalue weighted by atomic mass is 10.2. The molecule has 1 aromatic heterocycles. The topological polar surface area (TPSA) is 38.0 Å². The molecule has 108 valence electrons. The highest BCUT2D eigenvalue weighted by Crippen LogP contribution is 2.32. The van der Waals surface area contributed by atoms with Crippen LogP contribution in [0.2, 0.25) is 5.02 Å². The Kier molecular flexibility index (Phi) is 5.01. The molecule has 1 heterocycles. The lowest BCUT2D eigenvalue weighted by Gasteiger charge is -2.05. The van der Waals surface area contributed by atoms with Crippen molar-refractivity contribution in [3.05, 3.63) is 46.1 Å². The van der Waals surface area contributed by atoms with Gasteiger partial charge in [0.2, 0.25) is 0 Å². The van der Waals surface area contributed by atoms with Crippen LogP contribution in [0.15, 0.2) is 29.3 Å². The second-order valence-electron chi connectivity index (χ2n) is 4.17. The Morgan fingerprint density at radius 3 is 2.55 bits per heavy atom. The number of hydrogen-bond donors (Lipinski definition) is 1. The first-order chi connectivity index (χ1) is 9.52. The standard InChI is InChI=1S/C13H13ClF2N2OS/c1-18-13(10(6-19)11(17-18)12(15)16)20-7-8-2-4-9(14)5-3-8/h2-5,12,19H,6-7H2,1H3. The van der Waals surface area contributed by atoms with Crippen LogP contribution < -0.4 is 0 Å². The van der Waals surface area contributed by atoms with Crippen LogP contribution in [0.1, 0.15) is 23.2 Å². The van der Waals surface area contributed by atoms with Crippen molar-refractivity contribution < 1.29 is 13.9 Å². The first-order valence-electron chi connectivity index (χ1n) is 5.85. The lowest BCUT2D eigenvalue weighted by Crippen LogP contribution is -1.94. The van der Waals surface area contributed by atoms with Crippen LogP contribution in [0.25, 0.3) is 0 Å². The largest absolute Gasteiger partial charge is 0.392 e. The Morgan fingerprint density at radius 1 is 1.35 bits per heavy atom. The first kappa shape index (κ1) is 15.3. The van der Waals surface area contributed by atoms with E-state index in [2.05, 4.69) is 5.10 Å². The van der Waals surface area contributed by atoms with Gasteiger partial charge in [0.25, 0.3) is 6.43 Å². The summed E-state index contributed by atoms with van der Waals surface area (Å²) in [5.41, 5.74) is 0.859. The molecule has 0 amide bonds. The molecule has 0 aliphatic rings. The molecule has 0 unspecified atom stereocenters. The second kappa shape index (κ2) is 6.56. The predicted molar refractivity (Wildman–Crippen MR) is 75.1 cm³/mol. The smallest absolute Gasteiger partial charge is 0.282 e. The maximum Gasteiger partial charge on any atom is 0.282 e. The predicted octanol–water partition coefficient (Wildman–Crippen LogP) is 3.80. The lowest BCUT2D eigenvalue weighted by molar-refractivity contribution is 0.141. The highest BCUT2D eigenvalue weighted by molar-refractivity contribution is 7.98. The van der Waals surface area contributed by atoms with Crippen molar-refractivity contribution in [1.29, 1.82) is 0 Å². The van der Waals surface area contributed by atoms with E-state index in [1.165, 1.54) is 16.4 Å². The van der Waals surface area contributed by atoms with E-state index in [4.69, 9.17) is 11.6 Å². The van der Waals surface area contributed by atoms with Crippen molar-refractivity contribution >= 4 is 23.4 Å². The Morgan fingerprint density at radius 2 is 2.00 bits per heavy atom. The van der Waals surface area contributed by atoms with Gasteiger partial charge in [-0.1, -0.05) is 23.7 Å². The van der Waals surface area contributed by atoms with Crippen molar-refractivity contribution in [3.8, 4) is 0 Å². The summed E-state index contributed by atoms with van der Waals surface area (Å²) in [5, 5.41) is 14.3. The third-order valence-corrected chi connectivity index (χ3v) is 4.29. The van der Waals surface area contributed by atoms with E-state index >= 15 is 0 Å². The van der Waals surface area contributed by atoms with Crippen molar-refractivity contribution in [1.82, 2.24) is 9.78 Å². The Bertz CT molecular complexity index is 587. The number of aliphatic hydroxyl groups is 1. The molecular formula is C13H13ClF2N2OS. The summed E-state index contributed by atoms with van der Waals surface area (Å²) in [6, 6.07) is 7.30. The van der Waals surface area contributed by atoms with Gasteiger partial charge in [-0.25, -0.2) is 8.78 Å². The van der Waals surface area contributed by atoms with Crippen LogP contribution in [0.3, 0.4) is 0 Å². The van der Waals surface area contributed by atoms with Crippen molar-refractivity contribution in [3.63, 3.8) is 0 Å². The fourth-order valence-electron chi connectivity index (χ4n) is 1.81. The Balaban J connectivity index is 2.18. The maximum absolute atomic E-state index is 12.8. The zero-order valence-electron chi connectivity index (χ0n) is 10.7. The summed E-state index contributed by atoms with van der Waals surface area (Å²) in [7, 11) is 1.59. The van der Waals surface area contributed by atoms with Crippen LogP contribution in [0, 0.1) is 0 Å². The van der Waals surface area contributed by atoms with Crippen molar-refractivity contribution in [2.45, 2.75) is 23.8 Å². The molecule has 2 aromatic rings. The van der Waals surface area contributed by atoms with E-state index in [1.54, 1.807) is 19.2 Å². The molecule has 7 heteroatoms. The summed E-state index contributed by atoms with van der Waals surface area (Å²) in [6.07, 6.45) is -2.69. The molecule has 20 heavy (non-hydrogen) atoms. The average molecular weight is 319 g/mol. The average Bonchev–Trinajstić information content (AvgIpc) is 2.74. The number of halogens is 3. The number of alkyl halides is 2. The molecule has 1 aromatic carbocycles. The van der Waals surface area contributed by atoms with Gasteiger partial charge in [-0.2, -0.15) is 5.10 Å². The zero-order valence-corrected chi connectivity index (χ0v) is 12.3. The molecule has 0 aliphatic carbocycles. The Labute approximate surface area is 124 Å². The van der Waals surface area contributed by atoms with Gasteiger partial charge in [-0.3, -0.25) is 4.68 Å². The van der Waals surface area contributed by atoms with Gasteiger partial charge in [0.15, 0.2) is 0 Å². The molecule has 0 aliphatic heterocycles.